The smallest absolute Gasteiger partial charge is 0.147 e. The molecule has 4 heteroatoms. The Morgan fingerprint density at radius 1 is 1.06 bits per heavy atom. The molecule has 2 aromatic rings. The molecule has 0 aliphatic carbocycles. The van der Waals surface area contributed by atoms with Crippen molar-refractivity contribution in [1.82, 2.24) is 15.4 Å². The Kier molecular flexibility index (Phi) is 2.55. The van der Waals surface area contributed by atoms with Gasteiger partial charge in [0.2, 0.25) is 0 Å². The first-order chi connectivity index (χ1) is 8.43. The zero-order valence-electron chi connectivity index (χ0n) is 9.24. The van der Waals surface area contributed by atoms with E-state index in [1.165, 1.54) is 0 Å². The van der Waals surface area contributed by atoms with Crippen molar-refractivity contribution in [2.45, 2.75) is 0 Å². The van der Waals surface area contributed by atoms with Crippen LogP contribution in [0.3, 0.4) is 0 Å². The van der Waals surface area contributed by atoms with E-state index in [0.717, 1.165) is 23.8 Å². The van der Waals surface area contributed by atoms with Crippen LogP contribution in [0.25, 0.3) is 11.4 Å². The summed E-state index contributed by atoms with van der Waals surface area (Å²) < 4.78 is 0. The van der Waals surface area contributed by atoms with E-state index in [1.54, 1.807) is 6.20 Å². The van der Waals surface area contributed by atoms with Gasteiger partial charge in [0.05, 0.1) is 11.4 Å². The predicted molar refractivity (Wildman–Crippen MR) is 67.1 cm³/mol. The number of anilines is 1. The van der Waals surface area contributed by atoms with E-state index < -0.39 is 0 Å². The summed E-state index contributed by atoms with van der Waals surface area (Å²) in [6.45, 7) is 0.843. The lowest BCUT2D eigenvalue weighted by molar-refractivity contribution is 0.801. The summed E-state index contributed by atoms with van der Waals surface area (Å²) in [6.07, 6.45) is 5.80. The van der Waals surface area contributed by atoms with Crippen LogP contribution >= 0.6 is 0 Å². The molecule has 0 saturated heterocycles. The number of nitrogens with zero attached hydrogens (tertiary/aromatic N) is 3. The maximum atomic E-state index is 4.57. The summed E-state index contributed by atoms with van der Waals surface area (Å²) in [5.74, 6) is 0.877. The van der Waals surface area contributed by atoms with Gasteiger partial charge in [0.1, 0.15) is 5.82 Å². The average Bonchev–Trinajstić information content (AvgIpc) is 2.94. The Hall–Kier alpha value is -2.20. The minimum absolute atomic E-state index is 0.843. The second-order valence-electron chi connectivity index (χ2n) is 3.71. The van der Waals surface area contributed by atoms with Crippen molar-refractivity contribution in [3.8, 4) is 11.4 Å². The first-order valence-corrected chi connectivity index (χ1v) is 5.51. The van der Waals surface area contributed by atoms with E-state index in [0.29, 0.717) is 0 Å². The quantitative estimate of drug-likeness (QED) is 0.847. The van der Waals surface area contributed by atoms with E-state index in [9.17, 15) is 0 Å². The molecule has 0 fully saturated rings. The van der Waals surface area contributed by atoms with Crippen LogP contribution in [-0.2, 0) is 0 Å². The van der Waals surface area contributed by atoms with Crippen LogP contribution in [-0.4, -0.2) is 16.5 Å². The molecule has 0 saturated carbocycles. The van der Waals surface area contributed by atoms with Gasteiger partial charge in [0.25, 0.3) is 0 Å². The summed E-state index contributed by atoms with van der Waals surface area (Å²) in [4.78, 5) is 8.87. The number of hydrogen-bond donors (Lipinski definition) is 1. The van der Waals surface area contributed by atoms with Crippen molar-refractivity contribution < 1.29 is 0 Å². The molecule has 0 amide bonds. The first-order valence-electron chi connectivity index (χ1n) is 5.51. The number of hydrogen-bond acceptors (Lipinski definition) is 4. The highest BCUT2D eigenvalue weighted by atomic mass is 15.5. The molecule has 1 aliphatic heterocycles. The maximum absolute atomic E-state index is 4.57. The number of aromatic nitrogens is 2. The molecule has 17 heavy (non-hydrogen) atoms. The molecule has 2 aromatic heterocycles. The third-order valence-corrected chi connectivity index (χ3v) is 2.54. The van der Waals surface area contributed by atoms with Crippen LogP contribution in [0.4, 0.5) is 5.82 Å². The Balaban J connectivity index is 1.97. The zero-order valence-corrected chi connectivity index (χ0v) is 9.24. The highest BCUT2D eigenvalue weighted by Crippen LogP contribution is 2.18. The fourth-order valence-electron chi connectivity index (χ4n) is 1.73. The van der Waals surface area contributed by atoms with Crippen molar-refractivity contribution in [1.29, 1.82) is 0 Å². The van der Waals surface area contributed by atoms with Gasteiger partial charge < -0.3 is 0 Å². The van der Waals surface area contributed by atoms with Crippen molar-refractivity contribution in [3.63, 3.8) is 0 Å². The molecule has 0 aromatic carbocycles. The Labute approximate surface area is 99.6 Å². The molecule has 1 N–H and O–H groups in total. The van der Waals surface area contributed by atoms with Crippen LogP contribution in [0.15, 0.2) is 54.9 Å². The van der Waals surface area contributed by atoms with Gasteiger partial charge in [0.15, 0.2) is 0 Å². The van der Waals surface area contributed by atoms with E-state index in [1.807, 2.05) is 47.6 Å². The van der Waals surface area contributed by atoms with E-state index >= 15 is 0 Å². The lowest BCUT2D eigenvalue weighted by Crippen LogP contribution is -2.28. The normalized spacial score (nSPS) is 14.2. The van der Waals surface area contributed by atoms with Gasteiger partial charge in [-0.05, 0) is 24.3 Å². The number of pyridine rings is 2. The summed E-state index contributed by atoms with van der Waals surface area (Å²) in [7, 11) is 0. The SMILES string of the molecule is C1=CN(c2cccc(-c3ccccn3)n2)NC1. The van der Waals surface area contributed by atoms with Gasteiger partial charge in [-0.2, -0.15) is 0 Å². The minimum Gasteiger partial charge on any atom is -0.267 e. The first kappa shape index (κ1) is 9.99. The Morgan fingerprint density at radius 2 is 2.00 bits per heavy atom. The maximum Gasteiger partial charge on any atom is 0.147 e. The fourth-order valence-corrected chi connectivity index (χ4v) is 1.73. The second-order valence-corrected chi connectivity index (χ2v) is 3.71. The molecule has 0 atom stereocenters. The number of nitrogens with one attached hydrogen (secondary N) is 1. The summed E-state index contributed by atoms with van der Waals surface area (Å²) in [5.41, 5.74) is 4.96. The summed E-state index contributed by atoms with van der Waals surface area (Å²) in [6, 6.07) is 11.7. The lowest BCUT2D eigenvalue weighted by Gasteiger charge is -2.15. The Morgan fingerprint density at radius 3 is 2.76 bits per heavy atom. The molecule has 3 rings (SSSR count). The van der Waals surface area contributed by atoms with Crippen molar-refractivity contribution in [3.05, 3.63) is 54.9 Å². The number of rotatable bonds is 2. The molecular formula is C13H12N4. The van der Waals surface area contributed by atoms with E-state index in [4.69, 9.17) is 0 Å². The fraction of sp³-hybridized carbons (Fsp3) is 0.0769. The molecule has 0 unspecified atom stereocenters. The predicted octanol–water partition coefficient (Wildman–Crippen LogP) is 1.98. The van der Waals surface area contributed by atoms with Crippen molar-refractivity contribution in [2.24, 2.45) is 0 Å². The molecular weight excluding hydrogens is 212 g/mol. The Bertz CT molecular complexity index is 536. The molecule has 0 radical (unpaired) electrons. The van der Waals surface area contributed by atoms with E-state index in [-0.39, 0.29) is 0 Å². The van der Waals surface area contributed by atoms with Crippen LogP contribution in [0, 0.1) is 0 Å². The van der Waals surface area contributed by atoms with Gasteiger partial charge in [-0.15, -0.1) is 0 Å². The number of hydrazine groups is 1. The van der Waals surface area contributed by atoms with Crippen LogP contribution in [0.5, 0.6) is 0 Å². The lowest BCUT2D eigenvalue weighted by atomic mass is 10.2. The highest BCUT2D eigenvalue weighted by molar-refractivity contribution is 5.57. The van der Waals surface area contributed by atoms with Gasteiger partial charge in [-0.3, -0.25) is 9.99 Å². The van der Waals surface area contributed by atoms with Gasteiger partial charge in [0, 0.05) is 18.9 Å². The summed E-state index contributed by atoms with van der Waals surface area (Å²) >= 11 is 0. The standard InChI is InChI=1S/C13H12N4/c1-2-8-14-11(5-1)12-6-3-7-13(16-12)17-10-4-9-15-17/h1-8,10,15H,9H2. The minimum atomic E-state index is 0.843. The largest absolute Gasteiger partial charge is 0.267 e. The van der Waals surface area contributed by atoms with Crippen molar-refractivity contribution >= 4 is 5.82 Å². The van der Waals surface area contributed by atoms with Crippen LogP contribution < -0.4 is 10.4 Å². The molecule has 3 heterocycles. The zero-order chi connectivity index (χ0) is 11.5. The van der Waals surface area contributed by atoms with E-state index in [2.05, 4.69) is 21.5 Å². The third-order valence-electron chi connectivity index (χ3n) is 2.54. The topological polar surface area (TPSA) is 41.1 Å². The monoisotopic (exact) mass is 224 g/mol. The van der Waals surface area contributed by atoms with Gasteiger partial charge >= 0.3 is 0 Å². The second kappa shape index (κ2) is 4.35. The van der Waals surface area contributed by atoms with Crippen LogP contribution in [0.2, 0.25) is 0 Å². The molecule has 0 spiro atoms. The van der Waals surface area contributed by atoms with Crippen molar-refractivity contribution in [2.75, 3.05) is 11.6 Å². The molecule has 1 aliphatic rings. The highest BCUT2D eigenvalue weighted by Gasteiger charge is 2.09. The average molecular weight is 224 g/mol. The van der Waals surface area contributed by atoms with Crippen LogP contribution in [0.1, 0.15) is 0 Å². The molecule has 4 nitrogen and oxygen atoms in total. The van der Waals surface area contributed by atoms with Gasteiger partial charge in [-0.25, -0.2) is 10.4 Å². The molecule has 0 bridgehead atoms. The molecule has 84 valence electrons. The summed E-state index contributed by atoms with van der Waals surface area (Å²) in [5, 5.41) is 1.91. The van der Waals surface area contributed by atoms with Gasteiger partial charge in [-0.1, -0.05) is 18.2 Å². The third kappa shape index (κ3) is 2.03.